The lowest BCUT2D eigenvalue weighted by atomic mass is 10.0. The van der Waals surface area contributed by atoms with Gasteiger partial charge in [0.1, 0.15) is 6.04 Å². The van der Waals surface area contributed by atoms with E-state index in [0.29, 0.717) is 19.4 Å². The van der Waals surface area contributed by atoms with Crippen LogP contribution in [0.25, 0.3) is 10.8 Å². The summed E-state index contributed by atoms with van der Waals surface area (Å²) in [5.74, 6) is -0.165. The van der Waals surface area contributed by atoms with Gasteiger partial charge in [-0.3, -0.25) is 9.59 Å². The first-order chi connectivity index (χ1) is 10.7. The van der Waals surface area contributed by atoms with Crippen LogP contribution in [0.3, 0.4) is 0 Å². The SMILES string of the molecule is O=C(Cc1cccc2ccccc12)N[C@@H]1CCCCNC1=O. The molecule has 0 bridgehead atoms. The molecule has 114 valence electrons. The number of hydrogen-bond donors (Lipinski definition) is 2. The second-order valence-corrected chi connectivity index (χ2v) is 5.72. The van der Waals surface area contributed by atoms with Crippen LogP contribution in [-0.2, 0) is 16.0 Å². The smallest absolute Gasteiger partial charge is 0.242 e. The molecule has 4 nitrogen and oxygen atoms in total. The number of benzene rings is 2. The lowest BCUT2D eigenvalue weighted by Crippen LogP contribution is -2.45. The molecule has 0 radical (unpaired) electrons. The van der Waals surface area contributed by atoms with E-state index in [1.807, 2.05) is 42.5 Å². The van der Waals surface area contributed by atoms with E-state index in [-0.39, 0.29) is 11.8 Å². The van der Waals surface area contributed by atoms with Crippen molar-refractivity contribution < 1.29 is 9.59 Å². The molecule has 1 fully saturated rings. The van der Waals surface area contributed by atoms with Crippen molar-refractivity contribution in [3.05, 3.63) is 48.0 Å². The first-order valence-corrected chi connectivity index (χ1v) is 7.78. The Morgan fingerprint density at radius 1 is 1.14 bits per heavy atom. The van der Waals surface area contributed by atoms with Crippen LogP contribution in [0.15, 0.2) is 42.5 Å². The fourth-order valence-corrected chi connectivity index (χ4v) is 2.94. The van der Waals surface area contributed by atoms with Gasteiger partial charge >= 0.3 is 0 Å². The van der Waals surface area contributed by atoms with Gasteiger partial charge in [-0.05, 0) is 35.6 Å². The number of hydrogen-bond acceptors (Lipinski definition) is 2. The highest BCUT2D eigenvalue weighted by Gasteiger charge is 2.22. The number of nitrogens with one attached hydrogen (secondary N) is 2. The van der Waals surface area contributed by atoms with Gasteiger partial charge in [0, 0.05) is 6.54 Å². The first-order valence-electron chi connectivity index (χ1n) is 7.78. The Balaban J connectivity index is 1.72. The molecule has 22 heavy (non-hydrogen) atoms. The molecule has 0 unspecified atom stereocenters. The van der Waals surface area contributed by atoms with Crippen LogP contribution in [0, 0.1) is 0 Å². The minimum atomic E-state index is -0.398. The van der Waals surface area contributed by atoms with Gasteiger partial charge in [0.05, 0.1) is 6.42 Å². The molecule has 1 atom stereocenters. The summed E-state index contributed by atoms with van der Waals surface area (Å²) in [6, 6.07) is 13.6. The maximum absolute atomic E-state index is 12.3. The molecule has 3 rings (SSSR count). The van der Waals surface area contributed by atoms with Crippen molar-refractivity contribution in [1.82, 2.24) is 10.6 Å². The van der Waals surface area contributed by atoms with Crippen LogP contribution in [0.4, 0.5) is 0 Å². The van der Waals surface area contributed by atoms with Gasteiger partial charge in [0.15, 0.2) is 0 Å². The molecule has 2 N–H and O–H groups in total. The van der Waals surface area contributed by atoms with Gasteiger partial charge in [-0.2, -0.15) is 0 Å². The molecule has 2 aromatic rings. The quantitative estimate of drug-likeness (QED) is 0.912. The predicted octanol–water partition coefficient (Wildman–Crippen LogP) is 2.17. The normalized spacial score (nSPS) is 18.5. The summed E-state index contributed by atoms with van der Waals surface area (Å²) >= 11 is 0. The van der Waals surface area contributed by atoms with E-state index >= 15 is 0 Å². The third-order valence-corrected chi connectivity index (χ3v) is 4.10. The van der Waals surface area contributed by atoms with E-state index in [9.17, 15) is 9.59 Å². The summed E-state index contributed by atoms with van der Waals surface area (Å²) < 4.78 is 0. The van der Waals surface area contributed by atoms with Gasteiger partial charge in [-0.1, -0.05) is 42.5 Å². The van der Waals surface area contributed by atoms with E-state index in [1.165, 1.54) is 0 Å². The lowest BCUT2D eigenvalue weighted by molar-refractivity contribution is -0.128. The Kier molecular flexibility index (Phi) is 4.37. The van der Waals surface area contributed by atoms with E-state index in [1.54, 1.807) is 0 Å². The molecule has 4 heteroatoms. The lowest BCUT2D eigenvalue weighted by Gasteiger charge is -2.15. The molecule has 0 aromatic heterocycles. The van der Waals surface area contributed by atoms with Gasteiger partial charge in [-0.15, -0.1) is 0 Å². The molecular weight excluding hydrogens is 276 g/mol. The van der Waals surface area contributed by atoms with Crippen LogP contribution in [0.2, 0.25) is 0 Å². The summed E-state index contributed by atoms with van der Waals surface area (Å²) in [7, 11) is 0. The average Bonchev–Trinajstić information content (AvgIpc) is 2.73. The predicted molar refractivity (Wildman–Crippen MR) is 86.4 cm³/mol. The second kappa shape index (κ2) is 6.60. The number of rotatable bonds is 3. The number of amides is 2. The number of carbonyl (C=O) groups is 2. The summed E-state index contributed by atoms with van der Waals surface area (Å²) in [5.41, 5.74) is 0.990. The standard InChI is InChI=1S/C18H20N2O2/c21-17(20-16-10-3-4-11-19-18(16)22)12-14-8-5-7-13-6-1-2-9-15(13)14/h1-2,5-9,16H,3-4,10-12H2,(H,19,22)(H,20,21)/t16-/m1/s1. The van der Waals surface area contributed by atoms with Gasteiger partial charge in [-0.25, -0.2) is 0 Å². The average molecular weight is 296 g/mol. The van der Waals surface area contributed by atoms with E-state index in [0.717, 1.165) is 29.2 Å². The molecular formula is C18H20N2O2. The molecule has 2 aromatic carbocycles. The molecule has 1 heterocycles. The third kappa shape index (κ3) is 3.27. The van der Waals surface area contributed by atoms with Crippen molar-refractivity contribution in [1.29, 1.82) is 0 Å². The zero-order chi connectivity index (χ0) is 15.4. The molecule has 1 saturated heterocycles. The highest BCUT2D eigenvalue weighted by Crippen LogP contribution is 2.19. The van der Waals surface area contributed by atoms with Crippen LogP contribution in [0.5, 0.6) is 0 Å². The topological polar surface area (TPSA) is 58.2 Å². The Morgan fingerprint density at radius 3 is 2.86 bits per heavy atom. The molecule has 0 spiro atoms. The van der Waals surface area contributed by atoms with Gasteiger partial charge in [0.2, 0.25) is 11.8 Å². The Hall–Kier alpha value is -2.36. The number of carbonyl (C=O) groups excluding carboxylic acids is 2. The first kappa shape index (κ1) is 14.6. The second-order valence-electron chi connectivity index (χ2n) is 5.72. The van der Waals surface area contributed by atoms with E-state index in [4.69, 9.17) is 0 Å². The molecule has 1 aliphatic rings. The minimum Gasteiger partial charge on any atom is -0.354 e. The summed E-state index contributed by atoms with van der Waals surface area (Å²) in [6.07, 6.45) is 2.94. The van der Waals surface area contributed by atoms with Crippen LogP contribution >= 0.6 is 0 Å². The highest BCUT2D eigenvalue weighted by molar-refractivity contribution is 5.92. The fraction of sp³-hybridized carbons (Fsp3) is 0.333. The maximum Gasteiger partial charge on any atom is 0.242 e. The molecule has 0 saturated carbocycles. The molecule has 1 aliphatic heterocycles. The Bertz CT molecular complexity index is 691. The van der Waals surface area contributed by atoms with Crippen molar-refractivity contribution in [2.75, 3.05) is 6.54 Å². The van der Waals surface area contributed by atoms with Crippen molar-refractivity contribution in [3.8, 4) is 0 Å². The summed E-state index contributed by atoms with van der Waals surface area (Å²) in [4.78, 5) is 24.2. The van der Waals surface area contributed by atoms with Gasteiger partial charge < -0.3 is 10.6 Å². The number of fused-ring (bicyclic) bond motifs is 1. The zero-order valence-corrected chi connectivity index (χ0v) is 12.5. The Labute approximate surface area is 129 Å². The highest BCUT2D eigenvalue weighted by atomic mass is 16.2. The van der Waals surface area contributed by atoms with Crippen molar-refractivity contribution in [2.24, 2.45) is 0 Å². The van der Waals surface area contributed by atoms with Crippen LogP contribution in [0.1, 0.15) is 24.8 Å². The van der Waals surface area contributed by atoms with E-state index in [2.05, 4.69) is 10.6 Å². The van der Waals surface area contributed by atoms with E-state index < -0.39 is 6.04 Å². The zero-order valence-electron chi connectivity index (χ0n) is 12.5. The fourth-order valence-electron chi connectivity index (χ4n) is 2.94. The maximum atomic E-state index is 12.3. The molecule has 0 aliphatic carbocycles. The summed E-state index contributed by atoms with van der Waals surface area (Å²) in [6.45, 7) is 0.703. The van der Waals surface area contributed by atoms with Crippen molar-refractivity contribution >= 4 is 22.6 Å². The molecule has 2 amide bonds. The van der Waals surface area contributed by atoms with Crippen molar-refractivity contribution in [3.63, 3.8) is 0 Å². The summed E-state index contributed by atoms with van der Waals surface area (Å²) in [5, 5.41) is 7.92. The third-order valence-electron chi connectivity index (χ3n) is 4.10. The minimum absolute atomic E-state index is 0.0660. The van der Waals surface area contributed by atoms with Gasteiger partial charge in [0.25, 0.3) is 0 Å². The largest absolute Gasteiger partial charge is 0.354 e. The monoisotopic (exact) mass is 296 g/mol. The van der Waals surface area contributed by atoms with Crippen molar-refractivity contribution in [2.45, 2.75) is 31.7 Å². The van der Waals surface area contributed by atoms with Crippen LogP contribution < -0.4 is 10.6 Å². The van der Waals surface area contributed by atoms with Crippen LogP contribution in [-0.4, -0.2) is 24.4 Å². The Morgan fingerprint density at radius 2 is 1.95 bits per heavy atom.